The molecule has 0 amide bonds. The Kier molecular flexibility index (Phi) is 3.33. The van der Waals surface area contributed by atoms with Crippen molar-refractivity contribution >= 4 is 10.8 Å². The molecule has 0 aliphatic rings. The maximum atomic E-state index is 9.95. The van der Waals surface area contributed by atoms with Gasteiger partial charge in [0.1, 0.15) is 6.10 Å². The first-order valence-electron chi connectivity index (χ1n) is 5.30. The Hall–Kier alpha value is -1.96. The van der Waals surface area contributed by atoms with E-state index < -0.39 is 12.2 Å². The van der Waals surface area contributed by atoms with Crippen LogP contribution in [0.3, 0.4) is 0 Å². The van der Waals surface area contributed by atoms with E-state index in [9.17, 15) is 10.2 Å². The molecule has 0 saturated heterocycles. The quantitative estimate of drug-likeness (QED) is 0.835. The van der Waals surface area contributed by atoms with Crippen molar-refractivity contribution in [2.75, 3.05) is 0 Å². The molecule has 1 aromatic heterocycles. The molecule has 2 unspecified atom stereocenters. The molecular formula is C13H12N2O2. The van der Waals surface area contributed by atoms with Crippen molar-refractivity contribution in [3.63, 3.8) is 0 Å². The van der Waals surface area contributed by atoms with Crippen LogP contribution in [0, 0.1) is 11.3 Å². The summed E-state index contributed by atoms with van der Waals surface area (Å²) in [6.07, 6.45) is -0.787. The highest BCUT2D eigenvalue weighted by Crippen LogP contribution is 2.24. The minimum Gasteiger partial charge on any atom is -0.389 e. The number of aliphatic hydroxyl groups is 2. The zero-order chi connectivity index (χ0) is 12.3. The number of nitrogens with zero attached hydrogens (tertiary/aromatic N) is 2. The Balaban J connectivity index is 2.45. The number of aliphatic hydroxyl groups excluding tert-OH is 2. The Bertz CT molecular complexity index is 557. The number of benzene rings is 1. The number of hydrogen-bond donors (Lipinski definition) is 2. The van der Waals surface area contributed by atoms with Gasteiger partial charge in [0.2, 0.25) is 0 Å². The van der Waals surface area contributed by atoms with Crippen LogP contribution >= 0.6 is 0 Å². The zero-order valence-corrected chi connectivity index (χ0v) is 9.11. The molecule has 2 N–H and O–H groups in total. The highest BCUT2D eigenvalue weighted by atomic mass is 16.3. The van der Waals surface area contributed by atoms with Gasteiger partial charge in [0.05, 0.1) is 24.3 Å². The van der Waals surface area contributed by atoms with Crippen molar-refractivity contribution < 1.29 is 10.2 Å². The Morgan fingerprint density at radius 1 is 1.24 bits per heavy atom. The summed E-state index contributed by atoms with van der Waals surface area (Å²) in [7, 11) is 0. The standard InChI is InChI=1S/C13H12N2O2/c14-7-5-11(16)13(17)12-10-4-2-1-3-9(10)6-8-15-12/h1-4,6,8,11,13,16-17H,5H2. The number of fused-ring (bicyclic) bond motifs is 1. The molecule has 17 heavy (non-hydrogen) atoms. The molecule has 2 aromatic rings. The minimum atomic E-state index is -1.14. The monoisotopic (exact) mass is 228 g/mol. The maximum Gasteiger partial charge on any atom is 0.123 e. The predicted octanol–water partition coefficient (Wildman–Crippen LogP) is 1.54. The van der Waals surface area contributed by atoms with Gasteiger partial charge in [-0.25, -0.2) is 0 Å². The molecule has 1 heterocycles. The van der Waals surface area contributed by atoms with Crippen molar-refractivity contribution in [3.05, 3.63) is 42.2 Å². The highest BCUT2D eigenvalue weighted by Gasteiger charge is 2.21. The van der Waals surface area contributed by atoms with Gasteiger partial charge in [0, 0.05) is 11.6 Å². The van der Waals surface area contributed by atoms with Crippen LogP contribution in [0.25, 0.3) is 10.8 Å². The number of nitriles is 1. The average Bonchev–Trinajstić information content (AvgIpc) is 2.37. The topological polar surface area (TPSA) is 77.1 Å². The summed E-state index contributed by atoms with van der Waals surface area (Å²) in [6.45, 7) is 0. The van der Waals surface area contributed by atoms with Crippen molar-refractivity contribution in [1.82, 2.24) is 4.98 Å². The van der Waals surface area contributed by atoms with Crippen molar-refractivity contribution in [2.24, 2.45) is 0 Å². The molecule has 4 heteroatoms. The molecule has 0 aliphatic carbocycles. The number of aromatic nitrogens is 1. The van der Waals surface area contributed by atoms with E-state index in [0.717, 1.165) is 10.8 Å². The summed E-state index contributed by atoms with van der Waals surface area (Å²) in [6, 6.07) is 11.1. The van der Waals surface area contributed by atoms with Crippen LogP contribution in [0.1, 0.15) is 18.2 Å². The second kappa shape index (κ2) is 4.91. The fraction of sp³-hybridized carbons (Fsp3) is 0.231. The van der Waals surface area contributed by atoms with E-state index in [1.54, 1.807) is 6.20 Å². The van der Waals surface area contributed by atoms with Crippen molar-refractivity contribution in [3.8, 4) is 6.07 Å². The van der Waals surface area contributed by atoms with Gasteiger partial charge >= 0.3 is 0 Å². The van der Waals surface area contributed by atoms with E-state index in [2.05, 4.69) is 4.98 Å². The molecule has 2 atom stereocenters. The van der Waals surface area contributed by atoms with Crippen molar-refractivity contribution in [2.45, 2.75) is 18.6 Å². The summed E-state index contributed by atoms with van der Waals surface area (Å²) in [5.74, 6) is 0. The summed E-state index contributed by atoms with van der Waals surface area (Å²) in [4.78, 5) is 4.09. The van der Waals surface area contributed by atoms with E-state index >= 15 is 0 Å². The molecule has 0 radical (unpaired) electrons. The fourth-order valence-corrected chi connectivity index (χ4v) is 1.77. The van der Waals surface area contributed by atoms with E-state index in [-0.39, 0.29) is 6.42 Å². The van der Waals surface area contributed by atoms with E-state index in [1.165, 1.54) is 0 Å². The van der Waals surface area contributed by atoms with Crippen LogP contribution in [0.2, 0.25) is 0 Å². The van der Waals surface area contributed by atoms with E-state index in [0.29, 0.717) is 5.69 Å². The lowest BCUT2D eigenvalue weighted by molar-refractivity contribution is 0.0200. The normalized spacial score (nSPS) is 14.2. The molecule has 4 nitrogen and oxygen atoms in total. The molecule has 1 aromatic carbocycles. The van der Waals surface area contributed by atoms with E-state index in [1.807, 2.05) is 36.4 Å². The fourth-order valence-electron chi connectivity index (χ4n) is 1.77. The van der Waals surface area contributed by atoms with Crippen LogP contribution in [0.5, 0.6) is 0 Å². The van der Waals surface area contributed by atoms with Crippen LogP contribution in [0.4, 0.5) is 0 Å². The van der Waals surface area contributed by atoms with Crippen molar-refractivity contribution in [1.29, 1.82) is 5.26 Å². The van der Waals surface area contributed by atoms with E-state index in [4.69, 9.17) is 5.26 Å². The second-order valence-electron chi connectivity index (χ2n) is 3.79. The Morgan fingerprint density at radius 2 is 2.00 bits per heavy atom. The first-order chi connectivity index (χ1) is 8.24. The van der Waals surface area contributed by atoms with Gasteiger partial charge in [0.15, 0.2) is 0 Å². The van der Waals surface area contributed by atoms with Gasteiger partial charge in [-0.1, -0.05) is 24.3 Å². The van der Waals surface area contributed by atoms with Gasteiger partial charge in [-0.2, -0.15) is 5.26 Å². The smallest absolute Gasteiger partial charge is 0.123 e. The average molecular weight is 228 g/mol. The lowest BCUT2D eigenvalue weighted by atomic mass is 10.0. The number of hydrogen-bond acceptors (Lipinski definition) is 4. The third-order valence-corrected chi connectivity index (χ3v) is 2.65. The Labute approximate surface area is 98.8 Å². The lowest BCUT2D eigenvalue weighted by Crippen LogP contribution is -2.18. The predicted molar refractivity (Wildman–Crippen MR) is 62.9 cm³/mol. The first-order valence-corrected chi connectivity index (χ1v) is 5.30. The van der Waals surface area contributed by atoms with Gasteiger partial charge < -0.3 is 10.2 Å². The summed E-state index contributed by atoms with van der Waals surface area (Å²) in [5, 5.41) is 29.8. The molecule has 0 saturated carbocycles. The number of rotatable bonds is 3. The largest absolute Gasteiger partial charge is 0.389 e. The summed E-state index contributed by atoms with van der Waals surface area (Å²) in [5.41, 5.74) is 0.408. The lowest BCUT2D eigenvalue weighted by Gasteiger charge is -2.16. The van der Waals surface area contributed by atoms with Crippen LogP contribution in [0.15, 0.2) is 36.5 Å². The molecule has 0 fully saturated rings. The molecule has 86 valence electrons. The number of pyridine rings is 1. The van der Waals surface area contributed by atoms with Gasteiger partial charge in [-0.05, 0) is 11.5 Å². The van der Waals surface area contributed by atoms with Crippen LogP contribution < -0.4 is 0 Å². The molecule has 2 rings (SSSR count). The molecule has 0 spiro atoms. The molecular weight excluding hydrogens is 216 g/mol. The SMILES string of the molecule is N#CCC(O)C(O)c1nccc2ccccc12. The van der Waals surface area contributed by atoms with Gasteiger partial charge in [-0.3, -0.25) is 4.98 Å². The molecule has 0 bridgehead atoms. The first kappa shape index (κ1) is 11.5. The third-order valence-electron chi connectivity index (χ3n) is 2.65. The van der Waals surface area contributed by atoms with Gasteiger partial charge in [0.25, 0.3) is 0 Å². The second-order valence-corrected chi connectivity index (χ2v) is 3.79. The van der Waals surface area contributed by atoms with Gasteiger partial charge in [-0.15, -0.1) is 0 Å². The highest BCUT2D eigenvalue weighted by molar-refractivity contribution is 5.84. The summed E-state index contributed by atoms with van der Waals surface area (Å²) < 4.78 is 0. The molecule has 0 aliphatic heterocycles. The Morgan fingerprint density at radius 3 is 2.76 bits per heavy atom. The van der Waals surface area contributed by atoms with Crippen LogP contribution in [-0.4, -0.2) is 21.3 Å². The van der Waals surface area contributed by atoms with Crippen LogP contribution in [-0.2, 0) is 0 Å². The zero-order valence-electron chi connectivity index (χ0n) is 9.11. The minimum absolute atomic E-state index is 0.119. The maximum absolute atomic E-state index is 9.95. The third kappa shape index (κ3) is 2.26. The summed E-state index contributed by atoms with van der Waals surface area (Å²) >= 11 is 0.